The summed E-state index contributed by atoms with van der Waals surface area (Å²) in [4.78, 5) is 30.3. The Kier molecular flexibility index (Phi) is 4.69. The fourth-order valence-corrected chi connectivity index (χ4v) is 4.32. The Morgan fingerprint density at radius 3 is 2.80 bits per heavy atom. The van der Waals surface area contributed by atoms with Crippen molar-refractivity contribution >= 4 is 23.3 Å². The van der Waals surface area contributed by atoms with Crippen molar-refractivity contribution in [3.8, 4) is 11.3 Å². The molecule has 1 N–H and O–H groups in total. The van der Waals surface area contributed by atoms with E-state index < -0.39 is 0 Å². The van der Waals surface area contributed by atoms with Gasteiger partial charge in [0.05, 0.1) is 17.9 Å². The van der Waals surface area contributed by atoms with Crippen LogP contribution in [0.1, 0.15) is 42.6 Å². The van der Waals surface area contributed by atoms with Crippen molar-refractivity contribution in [3.63, 3.8) is 0 Å². The van der Waals surface area contributed by atoms with Gasteiger partial charge in [0.15, 0.2) is 0 Å². The van der Waals surface area contributed by atoms with E-state index in [0.29, 0.717) is 18.7 Å². The van der Waals surface area contributed by atoms with Gasteiger partial charge in [0.2, 0.25) is 11.8 Å². The molecule has 2 amide bonds. The average Bonchev–Trinajstić information content (AvgIpc) is 3.36. The lowest BCUT2D eigenvalue weighted by atomic mass is 10.0. The zero-order chi connectivity index (χ0) is 20.7. The molecule has 3 heterocycles. The average molecular weight is 404 g/mol. The highest BCUT2D eigenvalue weighted by Gasteiger charge is 2.22. The van der Waals surface area contributed by atoms with Crippen LogP contribution in [-0.4, -0.2) is 49.4 Å². The Morgan fingerprint density at radius 2 is 2.00 bits per heavy atom. The number of amides is 2. The first kappa shape index (κ1) is 18.7. The predicted molar refractivity (Wildman–Crippen MR) is 112 cm³/mol. The Hall–Kier alpha value is -3.29. The first-order valence-corrected chi connectivity index (χ1v) is 10.5. The molecule has 0 atom stereocenters. The molecule has 0 bridgehead atoms. The van der Waals surface area contributed by atoms with Crippen LogP contribution in [0.15, 0.2) is 24.4 Å². The lowest BCUT2D eigenvalue weighted by Crippen LogP contribution is -2.34. The minimum absolute atomic E-state index is 0.0503. The van der Waals surface area contributed by atoms with Crippen LogP contribution in [-0.2, 0) is 22.4 Å². The summed E-state index contributed by atoms with van der Waals surface area (Å²) in [5.74, 6) is 0.501. The van der Waals surface area contributed by atoms with Crippen LogP contribution in [0.2, 0.25) is 0 Å². The number of likely N-dealkylation sites (tertiary alicyclic amines) is 1. The standard InChI is InChI=1S/C22H24N6O2/c1-14-11-15(8-9-16(14)23-20(29)13-27-10-4-7-21(27)30)18-12-28-19-6-3-2-5-17(19)25-26-22(28)24-18/h8-9,11-12H,2-7,10,13H2,1H3,(H,23,29). The molecule has 2 aromatic heterocycles. The molecule has 0 saturated carbocycles. The monoisotopic (exact) mass is 404 g/mol. The van der Waals surface area contributed by atoms with Crippen LogP contribution < -0.4 is 5.32 Å². The highest BCUT2D eigenvalue weighted by Crippen LogP contribution is 2.26. The van der Waals surface area contributed by atoms with E-state index in [9.17, 15) is 9.59 Å². The second kappa shape index (κ2) is 7.51. The van der Waals surface area contributed by atoms with Crippen LogP contribution in [0.5, 0.6) is 0 Å². The van der Waals surface area contributed by atoms with Gasteiger partial charge in [-0.1, -0.05) is 6.07 Å². The fourth-order valence-electron chi connectivity index (χ4n) is 4.32. The molecule has 3 aromatic rings. The summed E-state index contributed by atoms with van der Waals surface area (Å²) >= 11 is 0. The van der Waals surface area contributed by atoms with Gasteiger partial charge in [0.25, 0.3) is 5.78 Å². The van der Waals surface area contributed by atoms with Crippen LogP contribution in [0, 0.1) is 6.92 Å². The van der Waals surface area contributed by atoms with Crippen LogP contribution in [0.25, 0.3) is 17.0 Å². The third kappa shape index (κ3) is 3.42. The van der Waals surface area contributed by atoms with E-state index in [4.69, 9.17) is 0 Å². The van der Waals surface area contributed by atoms with Gasteiger partial charge in [-0.05, 0) is 56.7 Å². The first-order chi connectivity index (χ1) is 14.6. The summed E-state index contributed by atoms with van der Waals surface area (Å²) in [7, 11) is 0. The molecule has 8 nitrogen and oxygen atoms in total. The Balaban J connectivity index is 1.37. The lowest BCUT2D eigenvalue weighted by molar-refractivity contribution is -0.131. The molecule has 1 fully saturated rings. The van der Waals surface area contributed by atoms with Crippen molar-refractivity contribution < 1.29 is 9.59 Å². The minimum atomic E-state index is -0.171. The molecule has 1 aromatic carbocycles. The zero-order valence-electron chi connectivity index (χ0n) is 17.0. The number of nitrogens with one attached hydrogen (secondary N) is 1. The molecule has 2 aliphatic rings. The highest BCUT2D eigenvalue weighted by atomic mass is 16.2. The fraction of sp³-hybridized carbons (Fsp3) is 0.409. The van der Waals surface area contributed by atoms with E-state index in [2.05, 4.69) is 24.9 Å². The van der Waals surface area contributed by atoms with E-state index in [1.54, 1.807) is 4.90 Å². The van der Waals surface area contributed by atoms with Crippen molar-refractivity contribution in [1.29, 1.82) is 0 Å². The SMILES string of the molecule is Cc1cc(-c2cn3c4c(nnc3n2)CCCC4)ccc1NC(=O)CN1CCCC1=O. The number of aromatic nitrogens is 4. The minimum Gasteiger partial charge on any atom is -0.333 e. The highest BCUT2D eigenvalue weighted by molar-refractivity contribution is 5.95. The number of carbonyl (C=O) groups is 2. The summed E-state index contributed by atoms with van der Waals surface area (Å²) in [6.07, 6.45) is 7.69. The zero-order valence-corrected chi connectivity index (χ0v) is 17.0. The van der Waals surface area contributed by atoms with Crippen molar-refractivity contribution in [2.45, 2.75) is 45.4 Å². The van der Waals surface area contributed by atoms with Crippen LogP contribution in [0.3, 0.4) is 0 Å². The van der Waals surface area contributed by atoms with E-state index in [0.717, 1.165) is 60.3 Å². The Labute approximate surface area is 174 Å². The summed E-state index contributed by atoms with van der Waals surface area (Å²) in [5, 5.41) is 11.6. The maximum atomic E-state index is 12.3. The van der Waals surface area contributed by atoms with Crippen LogP contribution >= 0.6 is 0 Å². The van der Waals surface area contributed by atoms with Gasteiger partial charge < -0.3 is 10.2 Å². The number of anilines is 1. The summed E-state index contributed by atoms with van der Waals surface area (Å²) < 4.78 is 2.06. The van der Waals surface area contributed by atoms with E-state index in [-0.39, 0.29) is 18.4 Å². The van der Waals surface area contributed by atoms with Crippen molar-refractivity contribution in [2.24, 2.45) is 0 Å². The van der Waals surface area contributed by atoms with Gasteiger partial charge in [-0.25, -0.2) is 4.98 Å². The number of benzene rings is 1. The third-order valence-corrected chi connectivity index (χ3v) is 5.95. The maximum Gasteiger partial charge on any atom is 0.254 e. The number of rotatable bonds is 4. The third-order valence-electron chi connectivity index (χ3n) is 5.95. The van der Waals surface area contributed by atoms with Gasteiger partial charge in [-0.15, -0.1) is 5.10 Å². The molecule has 0 unspecified atom stereocenters. The molecule has 0 spiro atoms. The largest absolute Gasteiger partial charge is 0.333 e. The Bertz CT molecular complexity index is 1150. The number of nitrogens with zero attached hydrogens (tertiary/aromatic N) is 5. The normalized spacial score (nSPS) is 16.2. The molecule has 30 heavy (non-hydrogen) atoms. The topological polar surface area (TPSA) is 92.5 Å². The number of hydrogen-bond acceptors (Lipinski definition) is 5. The van der Waals surface area contributed by atoms with Crippen LogP contribution in [0.4, 0.5) is 5.69 Å². The second-order valence-electron chi connectivity index (χ2n) is 8.09. The smallest absolute Gasteiger partial charge is 0.254 e. The molecule has 154 valence electrons. The van der Waals surface area contributed by atoms with E-state index >= 15 is 0 Å². The maximum absolute atomic E-state index is 12.3. The molecular formula is C22H24N6O2. The van der Waals surface area contributed by atoms with Crippen molar-refractivity contribution in [2.75, 3.05) is 18.4 Å². The molecule has 1 aliphatic carbocycles. The predicted octanol–water partition coefficient (Wildman–Crippen LogP) is 2.54. The number of hydrogen-bond donors (Lipinski definition) is 1. The number of fused-ring (bicyclic) bond motifs is 3. The number of imidazole rings is 1. The second-order valence-corrected chi connectivity index (χ2v) is 8.09. The molecule has 1 aliphatic heterocycles. The lowest BCUT2D eigenvalue weighted by Gasteiger charge is -2.16. The van der Waals surface area contributed by atoms with Gasteiger partial charge >= 0.3 is 0 Å². The van der Waals surface area contributed by atoms with Crippen molar-refractivity contribution in [1.82, 2.24) is 24.5 Å². The van der Waals surface area contributed by atoms with Gasteiger partial charge in [-0.3, -0.25) is 14.0 Å². The number of carbonyl (C=O) groups excluding carboxylic acids is 2. The van der Waals surface area contributed by atoms with Gasteiger partial charge in [0, 0.05) is 36.1 Å². The molecule has 0 radical (unpaired) electrons. The summed E-state index contributed by atoms with van der Waals surface area (Å²) in [5.41, 5.74) is 5.78. The van der Waals surface area contributed by atoms with Gasteiger partial charge in [-0.2, -0.15) is 5.10 Å². The quantitative estimate of drug-likeness (QED) is 0.721. The molecule has 1 saturated heterocycles. The van der Waals surface area contributed by atoms with E-state index in [1.807, 2.05) is 31.3 Å². The molecule has 8 heteroatoms. The van der Waals surface area contributed by atoms with Gasteiger partial charge in [0.1, 0.15) is 0 Å². The van der Waals surface area contributed by atoms with E-state index in [1.165, 1.54) is 5.69 Å². The summed E-state index contributed by atoms with van der Waals surface area (Å²) in [6, 6.07) is 5.85. The first-order valence-electron chi connectivity index (χ1n) is 10.5. The molecule has 5 rings (SSSR count). The number of aryl methyl sites for hydroxylation is 3. The molecular weight excluding hydrogens is 380 g/mol. The Morgan fingerprint density at radius 1 is 1.13 bits per heavy atom. The summed E-state index contributed by atoms with van der Waals surface area (Å²) in [6.45, 7) is 2.72. The van der Waals surface area contributed by atoms with Crippen molar-refractivity contribution in [3.05, 3.63) is 41.3 Å².